The Labute approximate surface area is 214 Å². The van der Waals surface area contributed by atoms with Gasteiger partial charge in [-0.15, -0.1) is 0 Å². The van der Waals surface area contributed by atoms with Crippen LogP contribution in [0.15, 0.2) is 72.8 Å². The standard InChI is InChI=1S/C29H27FN4O3/c1-18-9-11-20(12-10-18)28(36)32-22-13-14-27(35)23(15-22)25-16-26(19-6-4-7-19)34(33-25)29(37)31-17-21-5-2-3-8-24(21)30/h2-3,5,8-16,19,35H,4,6-7,17H2,1H3,(H,31,37)(H,32,36). The first-order chi connectivity index (χ1) is 17.9. The number of phenolic OH excluding ortho intramolecular Hbond substituents is 1. The van der Waals surface area contributed by atoms with E-state index >= 15 is 0 Å². The highest BCUT2D eigenvalue weighted by molar-refractivity contribution is 6.04. The maximum Gasteiger partial charge on any atom is 0.342 e. The van der Waals surface area contributed by atoms with Crippen molar-refractivity contribution in [2.45, 2.75) is 38.6 Å². The lowest BCUT2D eigenvalue weighted by Crippen LogP contribution is -2.31. The van der Waals surface area contributed by atoms with Crippen LogP contribution >= 0.6 is 0 Å². The van der Waals surface area contributed by atoms with E-state index < -0.39 is 11.8 Å². The lowest BCUT2D eigenvalue weighted by Gasteiger charge is -2.25. The summed E-state index contributed by atoms with van der Waals surface area (Å²) in [5.74, 6) is -0.514. The third-order valence-corrected chi connectivity index (χ3v) is 6.68. The molecule has 7 nitrogen and oxygen atoms in total. The molecule has 0 unspecified atom stereocenters. The van der Waals surface area contributed by atoms with Crippen LogP contribution in [0.2, 0.25) is 0 Å². The number of hydrogen-bond acceptors (Lipinski definition) is 4. The zero-order valence-corrected chi connectivity index (χ0v) is 20.4. The molecule has 188 valence electrons. The minimum atomic E-state index is -0.472. The maximum atomic E-state index is 14.0. The fraction of sp³-hybridized carbons (Fsp3) is 0.207. The quantitative estimate of drug-likeness (QED) is 0.285. The van der Waals surface area contributed by atoms with Crippen LogP contribution in [0.3, 0.4) is 0 Å². The van der Waals surface area contributed by atoms with E-state index in [-0.39, 0.29) is 24.1 Å². The van der Waals surface area contributed by atoms with Gasteiger partial charge in [0.05, 0.1) is 11.4 Å². The molecule has 0 aliphatic heterocycles. The monoisotopic (exact) mass is 498 g/mol. The fourth-order valence-electron chi connectivity index (χ4n) is 4.30. The van der Waals surface area contributed by atoms with Crippen molar-refractivity contribution < 1.29 is 19.1 Å². The van der Waals surface area contributed by atoms with Gasteiger partial charge in [0.2, 0.25) is 0 Å². The van der Waals surface area contributed by atoms with Crippen molar-refractivity contribution in [1.82, 2.24) is 15.1 Å². The number of phenols is 1. The van der Waals surface area contributed by atoms with Gasteiger partial charge < -0.3 is 15.7 Å². The summed E-state index contributed by atoms with van der Waals surface area (Å²) in [5, 5.41) is 20.7. The first-order valence-corrected chi connectivity index (χ1v) is 12.2. The topological polar surface area (TPSA) is 96.2 Å². The SMILES string of the molecule is Cc1ccc(C(=O)Nc2ccc(O)c(-c3cc(C4CCC4)n(C(=O)NCc4ccccc4F)n3)c2)cc1. The first-order valence-electron chi connectivity index (χ1n) is 12.2. The Balaban J connectivity index is 1.40. The first kappa shape index (κ1) is 24.2. The minimum absolute atomic E-state index is 0.0232. The summed E-state index contributed by atoms with van der Waals surface area (Å²) < 4.78 is 15.3. The Morgan fingerprint density at radius 2 is 1.81 bits per heavy atom. The normalized spacial score (nSPS) is 13.1. The zero-order valence-electron chi connectivity index (χ0n) is 20.4. The second-order valence-electron chi connectivity index (χ2n) is 9.30. The summed E-state index contributed by atoms with van der Waals surface area (Å²) in [7, 11) is 0. The molecule has 2 amide bonds. The van der Waals surface area contributed by atoms with Crippen LogP contribution in [0.1, 0.15) is 52.4 Å². The highest BCUT2D eigenvalue weighted by Gasteiger charge is 2.28. The second kappa shape index (κ2) is 10.3. The van der Waals surface area contributed by atoms with Crippen LogP contribution in [-0.4, -0.2) is 26.8 Å². The Kier molecular flexibility index (Phi) is 6.72. The van der Waals surface area contributed by atoms with E-state index in [9.17, 15) is 19.1 Å². The third-order valence-electron chi connectivity index (χ3n) is 6.68. The van der Waals surface area contributed by atoms with Gasteiger partial charge in [-0.25, -0.2) is 9.18 Å². The molecule has 0 saturated heterocycles. The van der Waals surface area contributed by atoms with Gasteiger partial charge in [0, 0.05) is 34.8 Å². The van der Waals surface area contributed by atoms with E-state index in [1.54, 1.807) is 48.5 Å². The van der Waals surface area contributed by atoms with E-state index in [2.05, 4.69) is 15.7 Å². The Morgan fingerprint density at radius 1 is 1.05 bits per heavy atom. The number of nitrogens with one attached hydrogen (secondary N) is 2. The average Bonchev–Trinajstić information content (AvgIpc) is 3.28. The number of carbonyl (C=O) groups is 2. The van der Waals surface area contributed by atoms with Gasteiger partial charge in [0.15, 0.2) is 0 Å². The van der Waals surface area contributed by atoms with Gasteiger partial charge in [0.25, 0.3) is 5.91 Å². The molecular weight excluding hydrogens is 471 g/mol. The lowest BCUT2D eigenvalue weighted by atomic mass is 9.82. The molecule has 0 atom stereocenters. The predicted molar refractivity (Wildman–Crippen MR) is 139 cm³/mol. The van der Waals surface area contributed by atoms with Crippen LogP contribution in [0.4, 0.5) is 14.9 Å². The molecule has 0 spiro atoms. The van der Waals surface area contributed by atoms with Gasteiger partial charge >= 0.3 is 6.03 Å². The van der Waals surface area contributed by atoms with Gasteiger partial charge in [-0.3, -0.25) is 4.79 Å². The minimum Gasteiger partial charge on any atom is -0.507 e. The van der Waals surface area contributed by atoms with Crippen molar-refractivity contribution in [2.24, 2.45) is 0 Å². The van der Waals surface area contributed by atoms with Crippen LogP contribution in [0.25, 0.3) is 11.3 Å². The summed E-state index contributed by atoms with van der Waals surface area (Å²) in [5.41, 5.74) is 3.98. The summed E-state index contributed by atoms with van der Waals surface area (Å²) in [6, 6.07) is 19.6. The molecule has 37 heavy (non-hydrogen) atoms. The highest BCUT2D eigenvalue weighted by Crippen LogP contribution is 2.39. The number of amides is 2. The van der Waals surface area contributed by atoms with Crippen LogP contribution < -0.4 is 10.6 Å². The number of nitrogens with zero attached hydrogens (tertiary/aromatic N) is 2. The number of halogens is 1. The number of carbonyl (C=O) groups excluding carboxylic acids is 2. The Morgan fingerprint density at radius 3 is 2.51 bits per heavy atom. The predicted octanol–water partition coefficient (Wildman–Crippen LogP) is 5.98. The lowest BCUT2D eigenvalue weighted by molar-refractivity contribution is 0.102. The van der Waals surface area contributed by atoms with Crippen LogP contribution in [0.5, 0.6) is 5.75 Å². The molecule has 1 fully saturated rings. The van der Waals surface area contributed by atoms with E-state index in [4.69, 9.17) is 0 Å². The fourth-order valence-corrected chi connectivity index (χ4v) is 4.30. The van der Waals surface area contributed by atoms with Crippen molar-refractivity contribution >= 4 is 17.6 Å². The molecule has 1 saturated carbocycles. The third kappa shape index (κ3) is 5.23. The summed E-state index contributed by atoms with van der Waals surface area (Å²) in [6.45, 7) is 1.97. The molecule has 0 bridgehead atoms. The van der Waals surface area contributed by atoms with Gasteiger partial charge in [-0.2, -0.15) is 9.78 Å². The number of anilines is 1. The summed E-state index contributed by atoms with van der Waals surface area (Å²) in [4.78, 5) is 25.7. The molecule has 5 rings (SSSR count). The number of aromatic hydroxyl groups is 1. The number of hydrogen-bond donors (Lipinski definition) is 3. The summed E-state index contributed by atoms with van der Waals surface area (Å²) in [6.07, 6.45) is 2.93. The molecule has 1 aliphatic carbocycles. The number of aryl methyl sites for hydroxylation is 1. The highest BCUT2D eigenvalue weighted by atomic mass is 19.1. The molecule has 1 aliphatic rings. The van der Waals surface area contributed by atoms with Crippen molar-refractivity contribution in [3.8, 4) is 17.0 Å². The Bertz CT molecular complexity index is 1460. The number of aromatic nitrogens is 2. The Hall–Kier alpha value is -4.46. The van der Waals surface area contributed by atoms with Gasteiger partial charge in [-0.1, -0.05) is 42.3 Å². The van der Waals surface area contributed by atoms with E-state index in [0.29, 0.717) is 28.1 Å². The van der Waals surface area contributed by atoms with Crippen molar-refractivity contribution in [3.63, 3.8) is 0 Å². The average molecular weight is 499 g/mol. The molecular formula is C29H27FN4O3. The van der Waals surface area contributed by atoms with Crippen LogP contribution in [-0.2, 0) is 6.54 Å². The van der Waals surface area contributed by atoms with Gasteiger partial charge in [0.1, 0.15) is 11.6 Å². The van der Waals surface area contributed by atoms with E-state index in [0.717, 1.165) is 30.5 Å². The molecule has 1 aromatic heterocycles. The molecule has 0 radical (unpaired) electrons. The number of rotatable bonds is 6. The van der Waals surface area contributed by atoms with Crippen LogP contribution in [0, 0.1) is 12.7 Å². The van der Waals surface area contributed by atoms with E-state index in [1.165, 1.54) is 16.8 Å². The van der Waals surface area contributed by atoms with Crippen molar-refractivity contribution in [1.29, 1.82) is 0 Å². The molecule has 3 aromatic carbocycles. The van der Waals surface area contributed by atoms with Crippen molar-refractivity contribution in [2.75, 3.05) is 5.32 Å². The zero-order chi connectivity index (χ0) is 25.9. The molecule has 8 heteroatoms. The largest absolute Gasteiger partial charge is 0.507 e. The van der Waals surface area contributed by atoms with E-state index in [1.807, 2.05) is 19.1 Å². The van der Waals surface area contributed by atoms with Crippen molar-refractivity contribution in [3.05, 3.63) is 101 Å². The molecule has 4 aromatic rings. The number of benzene rings is 3. The summed E-state index contributed by atoms with van der Waals surface area (Å²) >= 11 is 0. The van der Waals surface area contributed by atoms with Gasteiger partial charge in [-0.05, 0) is 62.2 Å². The maximum absolute atomic E-state index is 14.0. The molecule has 1 heterocycles. The second-order valence-corrected chi connectivity index (χ2v) is 9.30. The molecule has 3 N–H and O–H groups in total. The smallest absolute Gasteiger partial charge is 0.342 e.